The van der Waals surface area contributed by atoms with E-state index < -0.39 is 10.0 Å². The van der Waals surface area contributed by atoms with E-state index in [1.807, 2.05) is 12.1 Å². The summed E-state index contributed by atoms with van der Waals surface area (Å²) < 4.78 is 25.3. The number of benzene rings is 1. The Balaban J connectivity index is 1.87. The highest BCUT2D eigenvalue weighted by Gasteiger charge is 2.27. The standard InChI is InChI=1S/C15H17NO2S2/c1-12-15(6-8-19-12)14-5-2-4-13(10-14)11-16-7-3-9-20(16,17)18/h2,4-6,8,10H,3,7,9,11H2,1H3. The van der Waals surface area contributed by atoms with Crippen LogP contribution in [0.1, 0.15) is 16.9 Å². The Bertz CT molecular complexity index is 719. The van der Waals surface area contributed by atoms with Gasteiger partial charge in [-0.05, 0) is 47.5 Å². The molecule has 5 heteroatoms. The number of thiophene rings is 1. The molecule has 2 heterocycles. The zero-order chi connectivity index (χ0) is 14.2. The maximum Gasteiger partial charge on any atom is 0.214 e. The summed E-state index contributed by atoms with van der Waals surface area (Å²) >= 11 is 1.73. The van der Waals surface area contributed by atoms with E-state index in [0.717, 1.165) is 17.5 Å². The third-order valence-electron chi connectivity index (χ3n) is 3.66. The first kappa shape index (κ1) is 13.8. The molecule has 20 heavy (non-hydrogen) atoms. The van der Waals surface area contributed by atoms with Crippen molar-refractivity contribution in [3.63, 3.8) is 0 Å². The highest BCUT2D eigenvalue weighted by Crippen LogP contribution is 2.28. The predicted molar refractivity (Wildman–Crippen MR) is 83.3 cm³/mol. The normalized spacial score (nSPS) is 18.4. The quantitative estimate of drug-likeness (QED) is 0.873. The van der Waals surface area contributed by atoms with Crippen molar-refractivity contribution in [1.82, 2.24) is 4.31 Å². The van der Waals surface area contributed by atoms with Crippen molar-refractivity contribution >= 4 is 21.4 Å². The molecule has 1 aromatic heterocycles. The zero-order valence-electron chi connectivity index (χ0n) is 11.4. The topological polar surface area (TPSA) is 37.4 Å². The van der Waals surface area contributed by atoms with Crippen molar-refractivity contribution in [3.8, 4) is 11.1 Å². The largest absolute Gasteiger partial charge is 0.214 e. The van der Waals surface area contributed by atoms with Crippen LogP contribution in [0.4, 0.5) is 0 Å². The fraction of sp³-hybridized carbons (Fsp3) is 0.333. The Morgan fingerprint density at radius 3 is 2.80 bits per heavy atom. The number of hydrogen-bond donors (Lipinski definition) is 0. The molecule has 106 valence electrons. The van der Waals surface area contributed by atoms with Gasteiger partial charge in [0.2, 0.25) is 10.0 Å². The van der Waals surface area contributed by atoms with Crippen LogP contribution < -0.4 is 0 Å². The van der Waals surface area contributed by atoms with Crippen molar-refractivity contribution < 1.29 is 8.42 Å². The zero-order valence-corrected chi connectivity index (χ0v) is 13.0. The lowest BCUT2D eigenvalue weighted by molar-refractivity contribution is 0.440. The molecule has 0 bridgehead atoms. The minimum absolute atomic E-state index is 0.288. The Labute approximate surface area is 123 Å². The van der Waals surface area contributed by atoms with Crippen LogP contribution in [-0.2, 0) is 16.6 Å². The molecule has 0 N–H and O–H groups in total. The molecule has 1 aliphatic rings. The van der Waals surface area contributed by atoms with Crippen molar-refractivity contribution in [2.45, 2.75) is 19.9 Å². The summed E-state index contributed by atoms with van der Waals surface area (Å²) in [5.41, 5.74) is 3.46. The van der Waals surface area contributed by atoms with Gasteiger partial charge >= 0.3 is 0 Å². The summed E-state index contributed by atoms with van der Waals surface area (Å²) in [4.78, 5) is 1.29. The van der Waals surface area contributed by atoms with Gasteiger partial charge in [-0.25, -0.2) is 8.42 Å². The van der Waals surface area contributed by atoms with Gasteiger partial charge in [-0.2, -0.15) is 4.31 Å². The summed E-state index contributed by atoms with van der Waals surface area (Å²) in [6, 6.07) is 10.3. The van der Waals surface area contributed by atoms with Crippen molar-refractivity contribution in [3.05, 3.63) is 46.2 Å². The molecule has 2 aromatic rings. The second kappa shape index (κ2) is 5.31. The van der Waals surface area contributed by atoms with Crippen LogP contribution in [0, 0.1) is 6.92 Å². The van der Waals surface area contributed by atoms with E-state index in [2.05, 4.69) is 30.5 Å². The molecule has 0 spiro atoms. The third-order valence-corrected chi connectivity index (χ3v) is 6.41. The average Bonchev–Trinajstić information content (AvgIpc) is 2.97. The monoisotopic (exact) mass is 307 g/mol. The van der Waals surface area contributed by atoms with E-state index in [0.29, 0.717) is 13.1 Å². The molecule has 0 amide bonds. The van der Waals surface area contributed by atoms with E-state index in [9.17, 15) is 8.42 Å². The highest BCUT2D eigenvalue weighted by molar-refractivity contribution is 7.89. The minimum Gasteiger partial charge on any atom is -0.212 e. The van der Waals surface area contributed by atoms with E-state index >= 15 is 0 Å². The van der Waals surface area contributed by atoms with E-state index in [4.69, 9.17) is 0 Å². The summed E-state index contributed by atoms with van der Waals surface area (Å²) in [5.74, 6) is 0.288. The van der Waals surface area contributed by atoms with Crippen molar-refractivity contribution in [1.29, 1.82) is 0 Å². The average molecular weight is 307 g/mol. The smallest absolute Gasteiger partial charge is 0.212 e. The van der Waals surface area contributed by atoms with Crippen molar-refractivity contribution in [2.75, 3.05) is 12.3 Å². The van der Waals surface area contributed by atoms with Crippen LogP contribution in [-0.4, -0.2) is 25.0 Å². The van der Waals surface area contributed by atoms with Crippen LogP contribution in [0.3, 0.4) is 0 Å². The van der Waals surface area contributed by atoms with Gasteiger partial charge in [-0.3, -0.25) is 0 Å². The molecular formula is C15H17NO2S2. The molecule has 1 fully saturated rings. The molecular weight excluding hydrogens is 290 g/mol. The second-order valence-corrected chi connectivity index (χ2v) is 8.30. The second-order valence-electron chi connectivity index (χ2n) is 5.09. The van der Waals surface area contributed by atoms with E-state index in [-0.39, 0.29) is 5.75 Å². The van der Waals surface area contributed by atoms with E-state index in [1.165, 1.54) is 10.4 Å². The summed E-state index contributed by atoms with van der Waals surface area (Å²) in [7, 11) is -3.02. The van der Waals surface area contributed by atoms with Crippen LogP contribution >= 0.6 is 11.3 Å². The maximum absolute atomic E-state index is 11.9. The highest BCUT2D eigenvalue weighted by atomic mass is 32.2. The minimum atomic E-state index is -3.02. The van der Waals surface area contributed by atoms with Gasteiger partial charge in [0.05, 0.1) is 5.75 Å². The Morgan fingerprint density at radius 2 is 2.15 bits per heavy atom. The van der Waals surface area contributed by atoms with Gasteiger partial charge in [-0.1, -0.05) is 18.2 Å². The molecule has 0 radical (unpaired) electrons. The molecule has 1 aliphatic heterocycles. The Morgan fingerprint density at radius 1 is 1.30 bits per heavy atom. The number of rotatable bonds is 3. The SMILES string of the molecule is Cc1sccc1-c1cccc(CN2CCCS2(=O)=O)c1. The number of nitrogens with zero attached hydrogens (tertiary/aromatic N) is 1. The molecule has 0 unspecified atom stereocenters. The van der Waals surface area contributed by atoms with Crippen LogP contribution in [0.5, 0.6) is 0 Å². The van der Waals surface area contributed by atoms with Crippen LogP contribution in [0.25, 0.3) is 11.1 Å². The van der Waals surface area contributed by atoms with Crippen molar-refractivity contribution in [2.24, 2.45) is 0 Å². The van der Waals surface area contributed by atoms with Gasteiger partial charge in [-0.15, -0.1) is 11.3 Å². The molecule has 0 aliphatic carbocycles. The predicted octanol–water partition coefficient (Wildman–Crippen LogP) is 3.26. The van der Waals surface area contributed by atoms with Gasteiger partial charge in [0.1, 0.15) is 0 Å². The molecule has 0 atom stereocenters. The molecule has 0 saturated carbocycles. The van der Waals surface area contributed by atoms with Gasteiger partial charge in [0.15, 0.2) is 0 Å². The summed E-state index contributed by atoms with van der Waals surface area (Å²) in [5, 5.41) is 2.09. The molecule has 3 nitrogen and oxygen atoms in total. The van der Waals surface area contributed by atoms with Gasteiger partial charge in [0, 0.05) is 18.0 Å². The van der Waals surface area contributed by atoms with Gasteiger partial charge in [0.25, 0.3) is 0 Å². The first-order valence-corrected chi connectivity index (χ1v) is 9.16. The van der Waals surface area contributed by atoms with Crippen LogP contribution in [0.2, 0.25) is 0 Å². The molecule has 3 rings (SSSR count). The lowest BCUT2D eigenvalue weighted by atomic mass is 10.0. The third kappa shape index (κ3) is 2.66. The van der Waals surface area contributed by atoms with Gasteiger partial charge < -0.3 is 0 Å². The Kier molecular flexibility index (Phi) is 3.67. The molecule has 1 saturated heterocycles. The fourth-order valence-corrected chi connectivity index (χ4v) is 4.82. The number of hydrogen-bond acceptors (Lipinski definition) is 3. The maximum atomic E-state index is 11.9. The Hall–Kier alpha value is -1.17. The summed E-state index contributed by atoms with van der Waals surface area (Å²) in [6.07, 6.45) is 0.742. The first-order valence-electron chi connectivity index (χ1n) is 6.67. The fourth-order valence-electron chi connectivity index (χ4n) is 2.59. The molecule has 1 aromatic carbocycles. The number of sulfonamides is 1. The number of aryl methyl sites for hydroxylation is 1. The van der Waals surface area contributed by atoms with Crippen LogP contribution in [0.15, 0.2) is 35.7 Å². The lowest BCUT2D eigenvalue weighted by Crippen LogP contribution is -2.25. The van der Waals surface area contributed by atoms with E-state index in [1.54, 1.807) is 15.6 Å². The lowest BCUT2D eigenvalue weighted by Gasteiger charge is -2.14. The summed E-state index contributed by atoms with van der Waals surface area (Å²) in [6.45, 7) is 3.24. The first-order chi connectivity index (χ1) is 9.56.